The first-order valence-corrected chi connectivity index (χ1v) is 8.76. The maximum Gasteiger partial charge on any atom is 0.232 e. The fourth-order valence-electron chi connectivity index (χ4n) is 3.19. The van der Waals surface area contributed by atoms with Crippen LogP contribution in [0.15, 0.2) is 53.3 Å². The lowest BCUT2D eigenvalue weighted by atomic mass is 10.0. The summed E-state index contributed by atoms with van der Waals surface area (Å²) in [5, 5.41) is 4.05. The van der Waals surface area contributed by atoms with Crippen molar-refractivity contribution in [1.82, 2.24) is 15.1 Å². The van der Waals surface area contributed by atoms with Crippen LogP contribution in [-0.4, -0.2) is 27.6 Å². The molecule has 3 aromatic rings. The van der Waals surface area contributed by atoms with Gasteiger partial charge in [-0.3, -0.25) is 9.78 Å². The average molecular weight is 348 g/mol. The van der Waals surface area contributed by atoms with Crippen LogP contribution in [0.1, 0.15) is 43.6 Å². The number of hydrogen-bond acceptors (Lipinski definition) is 5. The van der Waals surface area contributed by atoms with Gasteiger partial charge in [0.05, 0.1) is 5.92 Å². The normalized spacial score (nSPS) is 17.3. The first-order chi connectivity index (χ1) is 12.6. The van der Waals surface area contributed by atoms with Crippen molar-refractivity contribution >= 4 is 11.6 Å². The minimum Gasteiger partial charge on any atom is -0.339 e. The lowest BCUT2D eigenvalue weighted by Gasteiger charge is -2.18. The van der Waals surface area contributed by atoms with Crippen molar-refractivity contribution in [2.75, 3.05) is 11.4 Å². The molecule has 0 aliphatic carbocycles. The van der Waals surface area contributed by atoms with E-state index in [9.17, 15) is 4.79 Å². The zero-order valence-corrected chi connectivity index (χ0v) is 14.8. The van der Waals surface area contributed by atoms with Gasteiger partial charge in [0.1, 0.15) is 0 Å². The fourth-order valence-corrected chi connectivity index (χ4v) is 3.19. The molecule has 1 aromatic carbocycles. The number of nitrogens with zero attached hydrogens (tertiary/aromatic N) is 4. The summed E-state index contributed by atoms with van der Waals surface area (Å²) in [7, 11) is 0. The predicted octanol–water partition coefficient (Wildman–Crippen LogP) is 3.78. The number of pyridine rings is 1. The molecule has 0 saturated carbocycles. The zero-order chi connectivity index (χ0) is 18.1. The maximum atomic E-state index is 12.5. The van der Waals surface area contributed by atoms with E-state index in [1.54, 1.807) is 12.4 Å². The van der Waals surface area contributed by atoms with E-state index in [0.29, 0.717) is 30.6 Å². The van der Waals surface area contributed by atoms with Crippen LogP contribution >= 0.6 is 0 Å². The maximum absolute atomic E-state index is 12.5. The summed E-state index contributed by atoms with van der Waals surface area (Å²) in [5.74, 6) is 1.44. The summed E-state index contributed by atoms with van der Waals surface area (Å²) in [6.07, 6.45) is 3.76. The van der Waals surface area contributed by atoms with Crippen molar-refractivity contribution in [1.29, 1.82) is 0 Å². The summed E-state index contributed by atoms with van der Waals surface area (Å²) in [6, 6.07) is 11.8. The Morgan fingerprint density at radius 2 is 2.00 bits per heavy atom. The van der Waals surface area contributed by atoms with Crippen LogP contribution in [0.25, 0.3) is 11.4 Å². The van der Waals surface area contributed by atoms with Crippen LogP contribution in [0.4, 0.5) is 5.69 Å². The number of hydrogen-bond donors (Lipinski definition) is 0. The fraction of sp³-hybridized carbons (Fsp3) is 0.300. The van der Waals surface area contributed by atoms with Crippen molar-refractivity contribution in [2.45, 2.75) is 32.1 Å². The molecule has 0 spiro atoms. The van der Waals surface area contributed by atoms with E-state index in [-0.39, 0.29) is 11.8 Å². The van der Waals surface area contributed by atoms with Crippen LogP contribution in [0.5, 0.6) is 0 Å². The van der Waals surface area contributed by atoms with Gasteiger partial charge in [0, 0.05) is 36.6 Å². The van der Waals surface area contributed by atoms with Crippen LogP contribution in [0, 0.1) is 0 Å². The molecule has 1 aliphatic rings. The number of benzene rings is 1. The van der Waals surface area contributed by atoms with E-state index in [0.717, 1.165) is 11.3 Å². The van der Waals surface area contributed by atoms with Gasteiger partial charge in [-0.15, -0.1) is 0 Å². The SMILES string of the molecule is CC(C)c1cccc(N2CC(c3nc(-c4ccncc4)no3)CC2=O)c1. The Bertz CT molecular complexity index is 920. The average Bonchev–Trinajstić information content (AvgIpc) is 3.29. The lowest BCUT2D eigenvalue weighted by molar-refractivity contribution is -0.117. The van der Waals surface area contributed by atoms with E-state index in [4.69, 9.17) is 4.52 Å². The Labute approximate surface area is 151 Å². The molecule has 1 unspecified atom stereocenters. The largest absolute Gasteiger partial charge is 0.339 e. The Kier molecular flexibility index (Phi) is 4.24. The third kappa shape index (κ3) is 3.10. The van der Waals surface area contributed by atoms with Crippen molar-refractivity contribution in [3.05, 3.63) is 60.2 Å². The quantitative estimate of drug-likeness (QED) is 0.717. The molecule has 6 heteroatoms. The molecular formula is C20H20N4O2. The van der Waals surface area contributed by atoms with Crippen molar-refractivity contribution in [2.24, 2.45) is 0 Å². The molecule has 26 heavy (non-hydrogen) atoms. The van der Waals surface area contributed by atoms with Crippen LogP contribution in [0.3, 0.4) is 0 Å². The lowest BCUT2D eigenvalue weighted by Crippen LogP contribution is -2.24. The zero-order valence-electron chi connectivity index (χ0n) is 14.8. The molecule has 1 saturated heterocycles. The van der Waals surface area contributed by atoms with Gasteiger partial charge in [-0.05, 0) is 35.7 Å². The minimum absolute atomic E-state index is 0.0829. The van der Waals surface area contributed by atoms with Crippen LogP contribution < -0.4 is 4.90 Å². The van der Waals surface area contributed by atoms with Crippen molar-refractivity contribution in [3.63, 3.8) is 0 Å². The van der Waals surface area contributed by atoms with E-state index in [2.05, 4.69) is 41.1 Å². The minimum atomic E-state index is -0.0895. The predicted molar refractivity (Wildman–Crippen MR) is 97.8 cm³/mol. The Hall–Kier alpha value is -3.02. The number of carbonyl (C=O) groups excluding carboxylic acids is 1. The molecule has 2 aromatic heterocycles. The number of carbonyl (C=O) groups is 1. The highest BCUT2D eigenvalue weighted by atomic mass is 16.5. The molecule has 1 amide bonds. The summed E-state index contributed by atoms with van der Waals surface area (Å²) in [4.78, 5) is 22.8. The number of aromatic nitrogens is 3. The second kappa shape index (κ2) is 6.71. The van der Waals surface area contributed by atoms with E-state index in [1.165, 1.54) is 5.56 Å². The summed E-state index contributed by atoms with van der Waals surface area (Å²) < 4.78 is 5.44. The molecule has 0 radical (unpaired) electrons. The van der Waals surface area contributed by atoms with Gasteiger partial charge in [-0.25, -0.2) is 0 Å². The highest BCUT2D eigenvalue weighted by molar-refractivity contribution is 5.96. The molecule has 1 fully saturated rings. The van der Waals surface area contributed by atoms with Gasteiger partial charge < -0.3 is 9.42 Å². The Morgan fingerprint density at radius 3 is 2.77 bits per heavy atom. The van der Waals surface area contributed by atoms with Crippen LogP contribution in [-0.2, 0) is 4.79 Å². The number of rotatable bonds is 4. The first kappa shape index (κ1) is 16.4. The standard InChI is InChI=1S/C20H20N4O2/c1-13(2)15-4-3-5-17(10-15)24-12-16(11-18(24)25)20-22-19(23-26-20)14-6-8-21-9-7-14/h3-10,13,16H,11-12H2,1-2H3. The van der Waals surface area contributed by atoms with Gasteiger partial charge in [-0.1, -0.05) is 31.1 Å². The highest BCUT2D eigenvalue weighted by Crippen LogP contribution is 2.33. The smallest absolute Gasteiger partial charge is 0.232 e. The van der Waals surface area contributed by atoms with Gasteiger partial charge in [0.2, 0.25) is 17.6 Å². The van der Waals surface area contributed by atoms with Crippen molar-refractivity contribution < 1.29 is 9.32 Å². The van der Waals surface area contributed by atoms with Gasteiger partial charge >= 0.3 is 0 Å². The molecule has 0 N–H and O–H groups in total. The topological polar surface area (TPSA) is 72.1 Å². The molecule has 1 aliphatic heterocycles. The highest BCUT2D eigenvalue weighted by Gasteiger charge is 2.35. The molecule has 1 atom stereocenters. The van der Waals surface area contributed by atoms with E-state index < -0.39 is 0 Å². The Balaban J connectivity index is 1.55. The summed E-state index contributed by atoms with van der Waals surface area (Å²) in [5.41, 5.74) is 3.00. The van der Waals surface area contributed by atoms with E-state index in [1.807, 2.05) is 29.2 Å². The Morgan fingerprint density at radius 1 is 1.19 bits per heavy atom. The molecule has 4 rings (SSSR count). The summed E-state index contributed by atoms with van der Waals surface area (Å²) >= 11 is 0. The molecule has 132 valence electrons. The number of anilines is 1. The second-order valence-electron chi connectivity index (χ2n) is 6.85. The monoisotopic (exact) mass is 348 g/mol. The van der Waals surface area contributed by atoms with E-state index >= 15 is 0 Å². The molecule has 6 nitrogen and oxygen atoms in total. The molecule has 0 bridgehead atoms. The van der Waals surface area contributed by atoms with Gasteiger partial charge in [0.25, 0.3) is 0 Å². The molecular weight excluding hydrogens is 328 g/mol. The van der Waals surface area contributed by atoms with Gasteiger partial charge in [-0.2, -0.15) is 4.98 Å². The van der Waals surface area contributed by atoms with Crippen LogP contribution in [0.2, 0.25) is 0 Å². The van der Waals surface area contributed by atoms with Crippen molar-refractivity contribution in [3.8, 4) is 11.4 Å². The van der Waals surface area contributed by atoms with Gasteiger partial charge in [0.15, 0.2) is 0 Å². The second-order valence-corrected chi connectivity index (χ2v) is 6.85. The number of amides is 1. The summed E-state index contributed by atoms with van der Waals surface area (Å²) in [6.45, 7) is 4.85. The third-order valence-electron chi connectivity index (χ3n) is 4.70. The first-order valence-electron chi connectivity index (χ1n) is 8.76. The molecule has 3 heterocycles. The third-order valence-corrected chi connectivity index (χ3v) is 4.70.